The van der Waals surface area contributed by atoms with E-state index in [1.54, 1.807) is 38.1 Å². The molecule has 0 aliphatic rings. The topological polar surface area (TPSA) is 70.0 Å². The Morgan fingerprint density at radius 3 is 2.30 bits per heavy atom. The lowest BCUT2D eigenvalue weighted by molar-refractivity contribution is -0.141. The number of benzene rings is 1. The van der Waals surface area contributed by atoms with Crippen molar-refractivity contribution in [1.29, 1.82) is 0 Å². The first-order valence-electron chi connectivity index (χ1n) is 9.39. The zero-order valence-electron chi connectivity index (χ0n) is 16.9. The summed E-state index contributed by atoms with van der Waals surface area (Å²) in [6, 6.07) is 8.54. The van der Waals surface area contributed by atoms with Gasteiger partial charge in [0.1, 0.15) is 17.6 Å². The number of nitrogens with zero attached hydrogens (tertiary/aromatic N) is 2. The van der Waals surface area contributed by atoms with Crippen LogP contribution in [0.2, 0.25) is 0 Å². The minimum Gasteiger partial charge on any atom is -0.485 e. The molecule has 0 radical (unpaired) electrons. The maximum absolute atomic E-state index is 12.6. The Bertz CT molecular complexity index is 850. The fourth-order valence-corrected chi connectivity index (χ4v) is 2.48. The summed E-state index contributed by atoms with van der Waals surface area (Å²) in [6.07, 6.45) is -4.14. The highest BCUT2D eigenvalue weighted by Gasteiger charge is 2.30. The van der Waals surface area contributed by atoms with E-state index >= 15 is 0 Å². The number of hydrogen-bond acceptors (Lipinski definition) is 6. The van der Waals surface area contributed by atoms with Crippen molar-refractivity contribution in [3.8, 4) is 17.4 Å². The molecular weight excluding hydrogens is 401 g/mol. The van der Waals surface area contributed by atoms with Gasteiger partial charge in [-0.05, 0) is 51.1 Å². The lowest BCUT2D eigenvalue weighted by Gasteiger charge is -2.17. The number of aliphatic imine (C=N–C) groups is 1. The maximum atomic E-state index is 12.6. The SMILES string of the molecule is CCN=C(CC(=O)OCC)C(C)Oc1ccc(Oc2ccc(C(F)(F)F)cn2)cc1. The summed E-state index contributed by atoms with van der Waals surface area (Å²) in [5.41, 5.74) is -0.273. The van der Waals surface area contributed by atoms with Crippen molar-refractivity contribution in [2.75, 3.05) is 13.2 Å². The second kappa shape index (κ2) is 10.6. The number of carbonyl (C=O) groups excluding carboxylic acids is 1. The van der Waals surface area contributed by atoms with E-state index in [0.717, 1.165) is 12.1 Å². The van der Waals surface area contributed by atoms with Crippen LogP contribution in [-0.4, -0.2) is 35.9 Å². The molecule has 0 bridgehead atoms. The van der Waals surface area contributed by atoms with Gasteiger partial charge in [-0.25, -0.2) is 4.98 Å². The van der Waals surface area contributed by atoms with E-state index in [-0.39, 0.29) is 18.3 Å². The predicted octanol–water partition coefficient (Wildman–Crippen LogP) is 5.07. The Hall–Kier alpha value is -3.10. The molecule has 30 heavy (non-hydrogen) atoms. The Labute approximate surface area is 172 Å². The number of alkyl halides is 3. The molecule has 0 spiro atoms. The lowest BCUT2D eigenvalue weighted by Crippen LogP contribution is -2.27. The molecule has 1 aromatic heterocycles. The van der Waals surface area contributed by atoms with E-state index in [0.29, 0.717) is 36.6 Å². The van der Waals surface area contributed by atoms with Crippen LogP contribution in [0.5, 0.6) is 17.4 Å². The van der Waals surface area contributed by atoms with E-state index in [9.17, 15) is 18.0 Å². The fourth-order valence-electron chi connectivity index (χ4n) is 2.48. The zero-order valence-corrected chi connectivity index (χ0v) is 16.9. The molecule has 162 valence electrons. The quantitative estimate of drug-likeness (QED) is 0.415. The Morgan fingerprint density at radius 2 is 1.77 bits per heavy atom. The zero-order chi connectivity index (χ0) is 22.1. The highest BCUT2D eigenvalue weighted by Crippen LogP contribution is 2.30. The summed E-state index contributed by atoms with van der Waals surface area (Å²) in [7, 11) is 0. The number of pyridine rings is 1. The molecule has 0 saturated heterocycles. The van der Waals surface area contributed by atoms with Crippen LogP contribution in [0, 0.1) is 0 Å². The molecule has 1 atom stereocenters. The molecule has 9 heteroatoms. The fraction of sp³-hybridized carbons (Fsp3) is 0.381. The van der Waals surface area contributed by atoms with Crippen LogP contribution < -0.4 is 9.47 Å². The molecule has 0 amide bonds. The number of rotatable bonds is 9. The van der Waals surface area contributed by atoms with Crippen LogP contribution in [0.3, 0.4) is 0 Å². The average Bonchev–Trinajstić information content (AvgIpc) is 2.69. The summed E-state index contributed by atoms with van der Waals surface area (Å²) in [5.74, 6) is 0.573. The van der Waals surface area contributed by atoms with Crippen molar-refractivity contribution in [2.45, 2.75) is 39.5 Å². The van der Waals surface area contributed by atoms with E-state index in [1.165, 1.54) is 0 Å². The number of ether oxygens (including phenoxy) is 3. The minimum absolute atomic E-state index is 0.0387. The van der Waals surface area contributed by atoms with Gasteiger partial charge in [0.05, 0.1) is 24.3 Å². The van der Waals surface area contributed by atoms with Crippen LogP contribution in [0.4, 0.5) is 13.2 Å². The minimum atomic E-state index is -4.45. The molecule has 2 aromatic rings. The number of esters is 1. The van der Waals surface area contributed by atoms with E-state index in [4.69, 9.17) is 14.2 Å². The molecule has 2 rings (SSSR count). The molecule has 1 unspecified atom stereocenters. The van der Waals surface area contributed by atoms with Crippen LogP contribution in [0.1, 0.15) is 32.8 Å². The normalized spacial score (nSPS) is 12.9. The number of hydrogen-bond donors (Lipinski definition) is 0. The molecule has 1 heterocycles. The maximum Gasteiger partial charge on any atom is 0.417 e. The average molecular weight is 424 g/mol. The van der Waals surface area contributed by atoms with Gasteiger partial charge in [0.15, 0.2) is 0 Å². The second-order valence-electron chi connectivity index (χ2n) is 6.16. The van der Waals surface area contributed by atoms with Gasteiger partial charge >= 0.3 is 12.1 Å². The van der Waals surface area contributed by atoms with Gasteiger partial charge in [-0.15, -0.1) is 0 Å². The van der Waals surface area contributed by atoms with E-state index < -0.39 is 17.8 Å². The molecule has 0 saturated carbocycles. The van der Waals surface area contributed by atoms with Crippen LogP contribution >= 0.6 is 0 Å². The van der Waals surface area contributed by atoms with Crippen molar-refractivity contribution in [1.82, 2.24) is 4.98 Å². The standard InChI is InChI=1S/C21H23F3N2O4/c1-4-25-18(12-20(27)28-5-2)14(3)29-16-7-9-17(10-8-16)30-19-11-6-15(13-26-19)21(22,23)24/h6-11,13-14H,4-5,12H2,1-3H3. The molecule has 0 fully saturated rings. The Morgan fingerprint density at radius 1 is 1.10 bits per heavy atom. The van der Waals surface area contributed by atoms with Gasteiger partial charge in [0, 0.05) is 18.8 Å². The van der Waals surface area contributed by atoms with Crippen molar-refractivity contribution >= 4 is 11.7 Å². The van der Waals surface area contributed by atoms with Crippen molar-refractivity contribution in [3.05, 3.63) is 48.2 Å². The molecular formula is C21H23F3N2O4. The third-order valence-corrected chi connectivity index (χ3v) is 3.88. The van der Waals surface area contributed by atoms with E-state index in [1.807, 2.05) is 6.92 Å². The molecule has 6 nitrogen and oxygen atoms in total. The lowest BCUT2D eigenvalue weighted by atomic mass is 10.1. The van der Waals surface area contributed by atoms with Gasteiger partial charge in [-0.2, -0.15) is 13.2 Å². The predicted molar refractivity (Wildman–Crippen MR) is 105 cm³/mol. The largest absolute Gasteiger partial charge is 0.485 e. The van der Waals surface area contributed by atoms with Gasteiger partial charge in [0.2, 0.25) is 5.88 Å². The first-order chi connectivity index (χ1) is 14.2. The van der Waals surface area contributed by atoms with Crippen molar-refractivity contribution in [3.63, 3.8) is 0 Å². The van der Waals surface area contributed by atoms with E-state index in [2.05, 4.69) is 9.98 Å². The van der Waals surface area contributed by atoms with Gasteiger partial charge < -0.3 is 14.2 Å². The monoisotopic (exact) mass is 424 g/mol. The third-order valence-electron chi connectivity index (χ3n) is 3.88. The molecule has 0 aliphatic carbocycles. The highest BCUT2D eigenvalue weighted by atomic mass is 19.4. The summed E-state index contributed by atoms with van der Waals surface area (Å²) >= 11 is 0. The first-order valence-corrected chi connectivity index (χ1v) is 9.39. The first kappa shape index (κ1) is 23.2. The highest BCUT2D eigenvalue weighted by molar-refractivity contribution is 6.01. The molecule has 1 aromatic carbocycles. The summed E-state index contributed by atoms with van der Waals surface area (Å²) in [4.78, 5) is 19.7. The summed E-state index contributed by atoms with van der Waals surface area (Å²) < 4.78 is 54.0. The molecule has 0 aliphatic heterocycles. The number of aromatic nitrogens is 1. The van der Waals surface area contributed by atoms with Crippen molar-refractivity contribution < 1.29 is 32.2 Å². The summed E-state index contributed by atoms with van der Waals surface area (Å²) in [5, 5.41) is 0. The Kier molecular flexibility index (Phi) is 8.20. The van der Waals surface area contributed by atoms with Crippen LogP contribution in [-0.2, 0) is 15.7 Å². The third kappa shape index (κ3) is 7.06. The smallest absolute Gasteiger partial charge is 0.417 e. The van der Waals surface area contributed by atoms with Gasteiger partial charge in [0.25, 0.3) is 0 Å². The number of halogens is 3. The second-order valence-corrected chi connectivity index (χ2v) is 6.16. The van der Waals surface area contributed by atoms with Crippen LogP contribution in [0.15, 0.2) is 47.6 Å². The Balaban J connectivity index is 1.99. The number of carbonyl (C=O) groups is 1. The summed E-state index contributed by atoms with van der Waals surface area (Å²) in [6.45, 7) is 6.18. The van der Waals surface area contributed by atoms with Gasteiger partial charge in [-0.1, -0.05) is 0 Å². The van der Waals surface area contributed by atoms with Crippen molar-refractivity contribution in [2.24, 2.45) is 4.99 Å². The molecule has 0 N–H and O–H groups in total. The van der Waals surface area contributed by atoms with Gasteiger partial charge in [-0.3, -0.25) is 9.79 Å². The van der Waals surface area contributed by atoms with Crippen LogP contribution in [0.25, 0.3) is 0 Å².